The molecule has 0 saturated carbocycles. The molecule has 0 bridgehead atoms. The Morgan fingerprint density at radius 2 is 2.17 bits per heavy atom. The molecule has 3 nitrogen and oxygen atoms in total. The Morgan fingerprint density at radius 3 is 2.94 bits per heavy atom. The molecule has 0 saturated heterocycles. The van der Waals surface area contributed by atoms with Crippen molar-refractivity contribution in [2.75, 3.05) is 11.9 Å². The van der Waals surface area contributed by atoms with Gasteiger partial charge in [-0.1, -0.05) is 13.8 Å². The summed E-state index contributed by atoms with van der Waals surface area (Å²) >= 11 is 1.71. The van der Waals surface area contributed by atoms with Crippen LogP contribution in [-0.2, 0) is 4.79 Å². The Balaban J connectivity index is 1.90. The van der Waals surface area contributed by atoms with E-state index in [1.54, 1.807) is 11.3 Å². The predicted molar refractivity (Wildman–Crippen MR) is 78.2 cm³/mol. The van der Waals surface area contributed by atoms with Crippen LogP contribution < -0.4 is 10.6 Å². The number of anilines is 1. The molecule has 1 aromatic carbocycles. The highest BCUT2D eigenvalue weighted by molar-refractivity contribution is 7.17. The highest BCUT2D eigenvalue weighted by Gasteiger charge is 2.03. The van der Waals surface area contributed by atoms with E-state index in [1.807, 2.05) is 18.2 Å². The van der Waals surface area contributed by atoms with E-state index >= 15 is 0 Å². The lowest BCUT2D eigenvalue weighted by atomic mass is 10.2. The van der Waals surface area contributed by atoms with E-state index in [2.05, 4.69) is 35.9 Å². The minimum Gasteiger partial charge on any atom is -0.326 e. The Morgan fingerprint density at radius 1 is 1.33 bits per heavy atom. The topological polar surface area (TPSA) is 41.1 Å². The highest BCUT2D eigenvalue weighted by Crippen LogP contribution is 2.23. The van der Waals surface area contributed by atoms with Gasteiger partial charge >= 0.3 is 0 Å². The van der Waals surface area contributed by atoms with Gasteiger partial charge in [0, 0.05) is 29.4 Å². The van der Waals surface area contributed by atoms with E-state index in [0.717, 1.165) is 5.69 Å². The number of carbonyl (C=O) groups excluding carboxylic acids is 1. The zero-order valence-corrected chi connectivity index (χ0v) is 11.5. The van der Waals surface area contributed by atoms with Gasteiger partial charge in [-0.05, 0) is 35.0 Å². The molecule has 1 heterocycles. The molecule has 0 aliphatic rings. The van der Waals surface area contributed by atoms with Crippen molar-refractivity contribution in [2.24, 2.45) is 0 Å². The van der Waals surface area contributed by atoms with Crippen LogP contribution >= 0.6 is 11.3 Å². The van der Waals surface area contributed by atoms with E-state index in [-0.39, 0.29) is 5.91 Å². The molecule has 2 rings (SSSR count). The van der Waals surface area contributed by atoms with Crippen LogP contribution in [0.15, 0.2) is 29.6 Å². The zero-order valence-electron chi connectivity index (χ0n) is 10.7. The number of carbonyl (C=O) groups is 1. The van der Waals surface area contributed by atoms with E-state index < -0.39 is 0 Å². The molecule has 2 aromatic rings. The van der Waals surface area contributed by atoms with Crippen molar-refractivity contribution in [3.63, 3.8) is 0 Å². The number of thiophene rings is 1. The maximum absolute atomic E-state index is 11.7. The molecule has 0 fully saturated rings. The summed E-state index contributed by atoms with van der Waals surface area (Å²) in [5.74, 6) is 0.0535. The van der Waals surface area contributed by atoms with Gasteiger partial charge in [-0.3, -0.25) is 4.79 Å². The van der Waals surface area contributed by atoms with Crippen LogP contribution in [0.4, 0.5) is 5.69 Å². The van der Waals surface area contributed by atoms with Gasteiger partial charge in [0.1, 0.15) is 0 Å². The van der Waals surface area contributed by atoms with Gasteiger partial charge < -0.3 is 10.6 Å². The standard InChI is InChI=1S/C14H18N2OS/c1-10(2)15-7-5-14(17)16-12-3-4-13-11(9-12)6-8-18-13/h3-4,6,8-10,15H,5,7H2,1-2H3,(H,16,17). The molecule has 0 aliphatic carbocycles. The molecule has 96 valence electrons. The molecule has 0 radical (unpaired) electrons. The summed E-state index contributed by atoms with van der Waals surface area (Å²) in [4.78, 5) is 11.7. The van der Waals surface area contributed by atoms with Gasteiger partial charge in [-0.2, -0.15) is 0 Å². The first-order valence-corrected chi connectivity index (χ1v) is 7.03. The van der Waals surface area contributed by atoms with Crippen molar-refractivity contribution in [3.05, 3.63) is 29.6 Å². The van der Waals surface area contributed by atoms with E-state index in [9.17, 15) is 4.79 Å². The van der Waals surface area contributed by atoms with Crippen molar-refractivity contribution in [1.29, 1.82) is 0 Å². The first kappa shape index (κ1) is 13.1. The highest BCUT2D eigenvalue weighted by atomic mass is 32.1. The number of fused-ring (bicyclic) bond motifs is 1. The van der Waals surface area contributed by atoms with Crippen molar-refractivity contribution in [1.82, 2.24) is 5.32 Å². The third-order valence-corrected chi connectivity index (χ3v) is 3.54. The van der Waals surface area contributed by atoms with E-state index in [0.29, 0.717) is 19.0 Å². The molecular weight excluding hydrogens is 244 g/mol. The first-order valence-electron chi connectivity index (χ1n) is 6.15. The fourth-order valence-electron chi connectivity index (χ4n) is 1.74. The van der Waals surface area contributed by atoms with Crippen molar-refractivity contribution in [2.45, 2.75) is 26.3 Å². The molecular formula is C14H18N2OS. The second-order valence-corrected chi connectivity index (χ2v) is 5.53. The second kappa shape index (κ2) is 5.98. The van der Waals surface area contributed by atoms with Gasteiger partial charge in [0.15, 0.2) is 0 Å². The summed E-state index contributed by atoms with van der Waals surface area (Å²) < 4.78 is 1.24. The van der Waals surface area contributed by atoms with Crippen LogP contribution in [0.1, 0.15) is 20.3 Å². The lowest BCUT2D eigenvalue weighted by Gasteiger charge is -2.08. The zero-order chi connectivity index (χ0) is 13.0. The molecule has 18 heavy (non-hydrogen) atoms. The second-order valence-electron chi connectivity index (χ2n) is 4.58. The van der Waals surface area contributed by atoms with Gasteiger partial charge in [0.2, 0.25) is 5.91 Å². The van der Waals surface area contributed by atoms with Gasteiger partial charge in [-0.15, -0.1) is 11.3 Å². The molecule has 0 aliphatic heterocycles. The van der Waals surface area contributed by atoms with E-state index in [1.165, 1.54) is 10.1 Å². The summed E-state index contributed by atoms with van der Waals surface area (Å²) in [6, 6.07) is 8.49. The van der Waals surface area contributed by atoms with Gasteiger partial charge in [0.25, 0.3) is 0 Å². The molecule has 1 aromatic heterocycles. The van der Waals surface area contributed by atoms with Crippen LogP contribution in [0.25, 0.3) is 10.1 Å². The van der Waals surface area contributed by atoms with Crippen molar-refractivity contribution < 1.29 is 4.79 Å². The quantitative estimate of drug-likeness (QED) is 0.868. The number of hydrogen-bond donors (Lipinski definition) is 2. The number of amides is 1. The molecule has 2 N–H and O–H groups in total. The van der Waals surface area contributed by atoms with Crippen LogP contribution in [-0.4, -0.2) is 18.5 Å². The number of rotatable bonds is 5. The number of hydrogen-bond acceptors (Lipinski definition) is 3. The largest absolute Gasteiger partial charge is 0.326 e. The predicted octanol–water partition coefficient (Wildman–Crippen LogP) is 3.23. The van der Waals surface area contributed by atoms with Crippen LogP contribution in [0.5, 0.6) is 0 Å². The molecule has 0 spiro atoms. The molecule has 0 atom stereocenters. The lowest BCUT2D eigenvalue weighted by Crippen LogP contribution is -2.27. The molecule has 1 amide bonds. The normalized spacial score (nSPS) is 11.1. The fraction of sp³-hybridized carbons (Fsp3) is 0.357. The average molecular weight is 262 g/mol. The summed E-state index contributed by atoms with van der Waals surface area (Å²) in [5, 5.41) is 9.39. The maximum atomic E-state index is 11.7. The third kappa shape index (κ3) is 3.55. The molecule has 4 heteroatoms. The fourth-order valence-corrected chi connectivity index (χ4v) is 2.51. The Labute approximate surface area is 111 Å². The smallest absolute Gasteiger partial charge is 0.225 e. The number of nitrogens with one attached hydrogen (secondary N) is 2. The minimum atomic E-state index is 0.0535. The Bertz CT molecular complexity index is 533. The summed E-state index contributed by atoms with van der Waals surface area (Å²) in [6.45, 7) is 4.86. The summed E-state index contributed by atoms with van der Waals surface area (Å²) in [7, 11) is 0. The van der Waals surface area contributed by atoms with Crippen LogP contribution in [0, 0.1) is 0 Å². The number of benzene rings is 1. The summed E-state index contributed by atoms with van der Waals surface area (Å²) in [6.07, 6.45) is 0.500. The first-order chi connectivity index (χ1) is 8.65. The lowest BCUT2D eigenvalue weighted by molar-refractivity contribution is -0.116. The Kier molecular flexibility index (Phi) is 4.33. The van der Waals surface area contributed by atoms with Crippen LogP contribution in [0.2, 0.25) is 0 Å². The SMILES string of the molecule is CC(C)NCCC(=O)Nc1ccc2sccc2c1. The average Bonchev–Trinajstić information content (AvgIpc) is 2.75. The van der Waals surface area contributed by atoms with Crippen molar-refractivity contribution in [3.8, 4) is 0 Å². The monoisotopic (exact) mass is 262 g/mol. The van der Waals surface area contributed by atoms with Crippen LogP contribution in [0.3, 0.4) is 0 Å². The van der Waals surface area contributed by atoms with Gasteiger partial charge in [0.05, 0.1) is 0 Å². The third-order valence-electron chi connectivity index (χ3n) is 2.64. The van der Waals surface area contributed by atoms with Crippen molar-refractivity contribution >= 4 is 33.0 Å². The summed E-state index contributed by atoms with van der Waals surface area (Å²) in [5.41, 5.74) is 0.871. The molecule has 0 unspecified atom stereocenters. The minimum absolute atomic E-state index is 0.0535. The Hall–Kier alpha value is -1.39. The van der Waals surface area contributed by atoms with Gasteiger partial charge in [-0.25, -0.2) is 0 Å². The van der Waals surface area contributed by atoms with E-state index in [4.69, 9.17) is 0 Å². The maximum Gasteiger partial charge on any atom is 0.225 e.